The number of aromatic nitrogens is 3. The predicted molar refractivity (Wildman–Crippen MR) is 60.8 cm³/mol. The molecule has 2 rings (SSSR count). The largest absolute Gasteiger partial charge is 0.391 e. The van der Waals surface area contributed by atoms with Crippen molar-refractivity contribution in [1.82, 2.24) is 15.0 Å². The normalized spacial score (nSPS) is 12.6. The Hall–Kier alpha value is -1.68. The van der Waals surface area contributed by atoms with Gasteiger partial charge in [-0.3, -0.25) is 0 Å². The lowest BCUT2D eigenvalue weighted by atomic mass is 10.1. The van der Waals surface area contributed by atoms with Crippen molar-refractivity contribution < 1.29 is 5.11 Å². The van der Waals surface area contributed by atoms with Crippen LogP contribution in [0.15, 0.2) is 42.7 Å². The number of hydrogen-bond donors (Lipinski definition) is 1. The molecule has 0 saturated carbocycles. The fourth-order valence-electron chi connectivity index (χ4n) is 1.62. The smallest absolute Gasteiger partial charge is 0.0739 e. The van der Waals surface area contributed by atoms with Gasteiger partial charge in [0.1, 0.15) is 0 Å². The second kappa shape index (κ2) is 5.42. The standard InChI is InChI=1S/C12H15N3O/c16-12(10-15-9-8-13-14-15)7-6-11-4-2-1-3-5-11/h1-5,8-9,12,16H,6-7,10H2. The van der Waals surface area contributed by atoms with Gasteiger partial charge in [0.05, 0.1) is 18.8 Å². The molecule has 84 valence electrons. The lowest BCUT2D eigenvalue weighted by Crippen LogP contribution is -2.17. The van der Waals surface area contributed by atoms with Gasteiger partial charge in [-0.05, 0) is 18.4 Å². The van der Waals surface area contributed by atoms with Crippen molar-refractivity contribution in [3.63, 3.8) is 0 Å². The van der Waals surface area contributed by atoms with Crippen molar-refractivity contribution in [2.24, 2.45) is 0 Å². The molecule has 0 fully saturated rings. The molecule has 4 heteroatoms. The molecule has 0 aliphatic rings. The first-order valence-corrected chi connectivity index (χ1v) is 5.40. The summed E-state index contributed by atoms with van der Waals surface area (Å²) in [6.45, 7) is 0.507. The first-order chi connectivity index (χ1) is 7.84. The molecule has 0 saturated heterocycles. The predicted octanol–water partition coefficient (Wildman–Crippen LogP) is 1.27. The fraction of sp³-hybridized carbons (Fsp3) is 0.333. The van der Waals surface area contributed by atoms with E-state index in [4.69, 9.17) is 0 Å². The van der Waals surface area contributed by atoms with Crippen LogP contribution in [0.1, 0.15) is 12.0 Å². The molecule has 0 bridgehead atoms. The SMILES string of the molecule is OC(CCc1ccccc1)Cn1ccnn1. The zero-order chi connectivity index (χ0) is 11.2. The first-order valence-electron chi connectivity index (χ1n) is 5.40. The third-order valence-corrected chi connectivity index (χ3v) is 2.48. The number of aliphatic hydroxyl groups excluding tert-OH is 1. The molecule has 1 atom stereocenters. The Bertz CT molecular complexity index is 399. The van der Waals surface area contributed by atoms with Crippen LogP contribution in [0.5, 0.6) is 0 Å². The van der Waals surface area contributed by atoms with E-state index in [9.17, 15) is 5.11 Å². The zero-order valence-electron chi connectivity index (χ0n) is 9.03. The number of hydrogen-bond acceptors (Lipinski definition) is 3. The molecule has 0 radical (unpaired) electrons. The van der Waals surface area contributed by atoms with E-state index in [-0.39, 0.29) is 6.10 Å². The summed E-state index contributed by atoms with van der Waals surface area (Å²) < 4.78 is 1.65. The molecule has 0 spiro atoms. The van der Waals surface area contributed by atoms with Gasteiger partial charge in [0.2, 0.25) is 0 Å². The van der Waals surface area contributed by atoms with Gasteiger partial charge < -0.3 is 5.11 Å². The average Bonchev–Trinajstić information content (AvgIpc) is 2.81. The summed E-state index contributed by atoms with van der Waals surface area (Å²) in [7, 11) is 0. The van der Waals surface area contributed by atoms with Gasteiger partial charge in [-0.2, -0.15) is 0 Å². The van der Waals surface area contributed by atoms with Crippen LogP contribution in [0, 0.1) is 0 Å². The van der Waals surface area contributed by atoms with Crippen LogP contribution in [0.25, 0.3) is 0 Å². The third-order valence-electron chi connectivity index (χ3n) is 2.48. The molecule has 1 N–H and O–H groups in total. The van der Waals surface area contributed by atoms with Gasteiger partial charge in [0.25, 0.3) is 0 Å². The monoisotopic (exact) mass is 217 g/mol. The van der Waals surface area contributed by atoms with Crippen molar-refractivity contribution in [2.45, 2.75) is 25.5 Å². The topological polar surface area (TPSA) is 50.9 Å². The summed E-state index contributed by atoms with van der Waals surface area (Å²) in [6, 6.07) is 10.2. The summed E-state index contributed by atoms with van der Waals surface area (Å²) >= 11 is 0. The lowest BCUT2D eigenvalue weighted by Gasteiger charge is -2.09. The molecular weight excluding hydrogens is 202 g/mol. The summed E-state index contributed by atoms with van der Waals surface area (Å²) in [5, 5.41) is 17.3. The van der Waals surface area contributed by atoms with E-state index in [1.165, 1.54) is 5.56 Å². The Labute approximate surface area is 94.5 Å². The minimum atomic E-state index is -0.373. The lowest BCUT2D eigenvalue weighted by molar-refractivity contribution is 0.139. The molecule has 4 nitrogen and oxygen atoms in total. The van der Waals surface area contributed by atoms with Gasteiger partial charge in [-0.1, -0.05) is 35.5 Å². The number of aryl methyl sites for hydroxylation is 1. The molecular formula is C12H15N3O. The van der Waals surface area contributed by atoms with Crippen molar-refractivity contribution in [3.05, 3.63) is 48.3 Å². The maximum atomic E-state index is 9.79. The van der Waals surface area contributed by atoms with E-state index >= 15 is 0 Å². The Morgan fingerprint density at radius 1 is 1.25 bits per heavy atom. The number of aliphatic hydroxyl groups is 1. The fourth-order valence-corrected chi connectivity index (χ4v) is 1.62. The quantitative estimate of drug-likeness (QED) is 0.820. The molecule has 2 aromatic rings. The van der Waals surface area contributed by atoms with E-state index in [1.807, 2.05) is 18.2 Å². The molecule has 0 aliphatic carbocycles. The second-order valence-electron chi connectivity index (χ2n) is 3.80. The van der Waals surface area contributed by atoms with E-state index < -0.39 is 0 Å². The number of rotatable bonds is 5. The van der Waals surface area contributed by atoms with Crippen LogP contribution < -0.4 is 0 Å². The highest BCUT2D eigenvalue weighted by molar-refractivity contribution is 5.14. The number of benzene rings is 1. The molecule has 1 aromatic carbocycles. The Balaban J connectivity index is 1.78. The molecule has 1 unspecified atom stereocenters. The first kappa shape index (κ1) is 10.8. The highest BCUT2D eigenvalue weighted by Crippen LogP contribution is 2.05. The summed E-state index contributed by atoms with van der Waals surface area (Å²) in [6.07, 6.45) is 4.62. The summed E-state index contributed by atoms with van der Waals surface area (Å²) in [4.78, 5) is 0. The van der Waals surface area contributed by atoms with Crippen molar-refractivity contribution in [1.29, 1.82) is 0 Å². The molecule has 0 aliphatic heterocycles. The van der Waals surface area contributed by atoms with E-state index in [1.54, 1.807) is 17.1 Å². The van der Waals surface area contributed by atoms with E-state index in [0.717, 1.165) is 12.8 Å². The summed E-state index contributed by atoms with van der Waals surface area (Å²) in [5.74, 6) is 0. The van der Waals surface area contributed by atoms with Crippen LogP contribution in [-0.2, 0) is 13.0 Å². The van der Waals surface area contributed by atoms with Crippen molar-refractivity contribution in [2.75, 3.05) is 0 Å². The van der Waals surface area contributed by atoms with Crippen molar-refractivity contribution in [3.8, 4) is 0 Å². The molecule has 1 aromatic heterocycles. The van der Waals surface area contributed by atoms with Gasteiger partial charge >= 0.3 is 0 Å². The van der Waals surface area contributed by atoms with Crippen LogP contribution in [0.2, 0.25) is 0 Å². The average molecular weight is 217 g/mol. The highest BCUT2D eigenvalue weighted by atomic mass is 16.3. The van der Waals surface area contributed by atoms with Crippen LogP contribution in [0.3, 0.4) is 0 Å². The maximum Gasteiger partial charge on any atom is 0.0739 e. The van der Waals surface area contributed by atoms with Crippen LogP contribution in [-0.4, -0.2) is 26.2 Å². The Kier molecular flexibility index (Phi) is 3.66. The minimum absolute atomic E-state index is 0.373. The maximum absolute atomic E-state index is 9.79. The number of nitrogens with zero attached hydrogens (tertiary/aromatic N) is 3. The second-order valence-corrected chi connectivity index (χ2v) is 3.80. The highest BCUT2D eigenvalue weighted by Gasteiger charge is 2.05. The van der Waals surface area contributed by atoms with E-state index in [2.05, 4.69) is 22.4 Å². The van der Waals surface area contributed by atoms with Crippen LogP contribution in [0.4, 0.5) is 0 Å². The van der Waals surface area contributed by atoms with Crippen molar-refractivity contribution >= 4 is 0 Å². The molecule has 16 heavy (non-hydrogen) atoms. The van der Waals surface area contributed by atoms with Gasteiger partial charge in [0.15, 0.2) is 0 Å². The third kappa shape index (κ3) is 3.17. The Morgan fingerprint density at radius 3 is 2.75 bits per heavy atom. The molecule has 1 heterocycles. The van der Waals surface area contributed by atoms with Gasteiger partial charge in [-0.15, -0.1) is 5.10 Å². The van der Waals surface area contributed by atoms with E-state index in [0.29, 0.717) is 6.54 Å². The summed E-state index contributed by atoms with van der Waals surface area (Å²) in [5.41, 5.74) is 1.25. The zero-order valence-corrected chi connectivity index (χ0v) is 9.03. The van der Waals surface area contributed by atoms with Gasteiger partial charge in [-0.25, -0.2) is 4.68 Å². The minimum Gasteiger partial charge on any atom is -0.391 e. The van der Waals surface area contributed by atoms with Crippen LogP contribution >= 0.6 is 0 Å². The molecule has 0 amide bonds. The Morgan fingerprint density at radius 2 is 2.06 bits per heavy atom. The van der Waals surface area contributed by atoms with Gasteiger partial charge in [0, 0.05) is 6.20 Å².